The Morgan fingerprint density at radius 1 is 1.07 bits per heavy atom. The summed E-state index contributed by atoms with van der Waals surface area (Å²) in [6, 6.07) is 6.62. The van der Waals surface area contributed by atoms with Crippen molar-refractivity contribution in [1.29, 1.82) is 0 Å². The van der Waals surface area contributed by atoms with E-state index in [0.29, 0.717) is 17.0 Å². The van der Waals surface area contributed by atoms with Gasteiger partial charge in [-0.3, -0.25) is 19.0 Å². The predicted octanol–water partition coefficient (Wildman–Crippen LogP) is 1.88. The summed E-state index contributed by atoms with van der Waals surface area (Å²) >= 11 is 0. The highest BCUT2D eigenvalue weighted by molar-refractivity contribution is 5.94. The van der Waals surface area contributed by atoms with Crippen molar-refractivity contribution in [2.75, 3.05) is 11.9 Å². The van der Waals surface area contributed by atoms with Crippen LogP contribution >= 0.6 is 0 Å². The van der Waals surface area contributed by atoms with Gasteiger partial charge in [-0.2, -0.15) is 0 Å². The molecule has 2 amide bonds. The molecule has 10 heteroatoms. The van der Waals surface area contributed by atoms with E-state index in [9.17, 15) is 27.6 Å². The number of rotatable bonds is 5. The highest BCUT2D eigenvalue weighted by Gasteiger charge is 2.16. The Balaban J connectivity index is 1.62. The van der Waals surface area contributed by atoms with E-state index in [4.69, 9.17) is 0 Å². The fourth-order valence-electron chi connectivity index (χ4n) is 2.66. The van der Waals surface area contributed by atoms with Crippen LogP contribution in [0.25, 0.3) is 10.9 Å². The number of aromatic nitrogens is 2. The maximum absolute atomic E-state index is 13.5. The Morgan fingerprint density at radius 2 is 1.83 bits per heavy atom. The van der Waals surface area contributed by atoms with Crippen molar-refractivity contribution in [2.45, 2.75) is 13.5 Å². The first-order valence-corrected chi connectivity index (χ1v) is 8.42. The lowest BCUT2D eigenvalue weighted by molar-refractivity contribution is -0.124. The second-order valence-corrected chi connectivity index (χ2v) is 6.20. The van der Waals surface area contributed by atoms with Crippen LogP contribution in [0.15, 0.2) is 41.5 Å². The molecule has 0 aliphatic carbocycles. The van der Waals surface area contributed by atoms with E-state index in [2.05, 4.69) is 10.3 Å². The molecule has 0 unspecified atom stereocenters. The van der Waals surface area contributed by atoms with Crippen LogP contribution in [0.1, 0.15) is 5.56 Å². The molecule has 0 saturated carbocycles. The molecule has 150 valence electrons. The number of halogens is 3. The molecule has 0 saturated heterocycles. The molecular formula is C19H15F3N4O3. The number of fused-ring (bicyclic) bond motifs is 1. The second-order valence-electron chi connectivity index (χ2n) is 6.20. The largest absolute Gasteiger partial charge is 0.345 e. The van der Waals surface area contributed by atoms with Crippen LogP contribution in [0.5, 0.6) is 0 Å². The van der Waals surface area contributed by atoms with Gasteiger partial charge in [-0.1, -0.05) is 12.1 Å². The Hall–Kier alpha value is -3.69. The Kier molecular flexibility index (Phi) is 5.62. The number of hydrogen-bond donors (Lipinski definition) is 2. The van der Waals surface area contributed by atoms with Crippen molar-refractivity contribution in [3.63, 3.8) is 0 Å². The van der Waals surface area contributed by atoms with E-state index in [1.165, 1.54) is 6.33 Å². The molecule has 0 spiro atoms. The highest BCUT2D eigenvalue weighted by Crippen LogP contribution is 2.19. The third-order valence-electron chi connectivity index (χ3n) is 4.12. The lowest BCUT2D eigenvalue weighted by Gasteiger charge is -2.10. The van der Waals surface area contributed by atoms with Gasteiger partial charge in [0.05, 0.1) is 29.5 Å². The van der Waals surface area contributed by atoms with Gasteiger partial charge in [0.2, 0.25) is 11.8 Å². The number of hydrogen-bond acceptors (Lipinski definition) is 4. The van der Waals surface area contributed by atoms with E-state index in [0.717, 1.165) is 16.2 Å². The van der Waals surface area contributed by atoms with E-state index in [1.54, 1.807) is 25.1 Å². The minimum atomic E-state index is -1.72. The van der Waals surface area contributed by atoms with Gasteiger partial charge in [-0.25, -0.2) is 18.2 Å². The molecule has 3 aromatic rings. The molecule has 0 radical (unpaired) electrons. The number of para-hydroxylation sites is 1. The number of nitrogens with zero attached hydrogens (tertiary/aromatic N) is 2. The molecule has 0 bridgehead atoms. The SMILES string of the molecule is Cc1cccc2c(=O)n(CC(=O)NCC(=O)Nc3ccc(F)c(F)c3F)cnc12. The van der Waals surface area contributed by atoms with Gasteiger partial charge >= 0.3 is 0 Å². The van der Waals surface area contributed by atoms with Crippen molar-refractivity contribution in [1.82, 2.24) is 14.9 Å². The minimum absolute atomic E-state index is 0.354. The third kappa shape index (κ3) is 4.26. The third-order valence-corrected chi connectivity index (χ3v) is 4.12. The van der Waals surface area contributed by atoms with Gasteiger partial charge in [0.1, 0.15) is 6.54 Å². The molecule has 29 heavy (non-hydrogen) atoms. The lowest BCUT2D eigenvalue weighted by Crippen LogP contribution is -2.37. The Bertz CT molecular complexity index is 1180. The van der Waals surface area contributed by atoms with Crippen LogP contribution in [0.3, 0.4) is 0 Å². The number of carbonyl (C=O) groups is 2. The van der Waals surface area contributed by atoms with Crippen molar-refractivity contribution in [3.05, 3.63) is 70.0 Å². The van der Waals surface area contributed by atoms with Gasteiger partial charge in [-0.05, 0) is 30.7 Å². The quantitative estimate of drug-likeness (QED) is 0.635. The van der Waals surface area contributed by atoms with Crippen molar-refractivity contribution < 1.29 is 22.8 Å². The first-order valence-electron chi connectivity index (χ1n) is 8.42. The number of aryl methyl sites for hydroxylation is 1. The van der Waals surface area contributed by atoms with Crippen LogP contribution in [0.2, 0.25) is 0 Å². The molecule has 0 aliphatic rings. The van der Waals surface area contributed by atoms with Gasteiger partial charge in [-0.15, -0.1) is 0 Å². The Labute approximate surface area is 162 Å². The number of amides is 2. The zero-order chi connectivity index (χ0) is 21.1. The maximum Gasteiger partial charge on any atom is 0.261 e. The fourth-order valence-corrected chi connectivity index (χ4v) is 2.66. The predicted molar refractivity (Wildman–Crippen MR) is 98.7 cm³/mol. The molecule has 0 fully saturated rings. The van der Waals surface area contributed by atoms with E-state index in [1.807, 2.05) is 5.32 Å². The normalized spacial score (nSPS) is 10.8. The minimum Gasteiger partial charge on any atom is -0.345 e. The molecule has 1 aromatic heterocycles. The number of carbonyl (C=O) groups excluding carboxylic acids is 2. The summed E-state index contributed by atoms with van der Waals surface area (Å²) < 4.78 is 40.7. The van der Waals surface area contributed by atoms with E-state index < -0.39 is 47.1 Å². The van der Waals surface area contributed by atoms with Crippen molar-refractivity contribution in [3.8, 4) is 0 Å². The summed E-state index contributed by atoms with van der Waals surface area (Å²) in [4.78, 5) is 40.5. The second kappa shape index (κ2) is 8.13. The van der Waals surface area contributed by atoms with E-state index in [-0.39, 0.29) is 6.54 Å². The van der Waals surface area contributed by atoms with Crippen LogP contribution < -0.4 is 16.2 Å². The topological polar surface area (TPSA) is 93.1 Å². The molecule has 3 rings (SSSR count). The average molecular weight is 404 g/mol. The van der Waals surface area contributed by atoms with Gasteiger partial charge in [0.15, 0.2) is 17.5 Å². The molecule has 7 nitrogen and oxygen atoms in total. The van der Waals surface area contributed by atoms with Crippen LogP contribution in [0.4, 0.5) is 18.9 Å². The smallest absolute Gasteiger partial charge is 0.261 e. The first kappa shape index (κ1) is 20.1. The molecule has 0 atom stereocenters. The standard InChI is InChI=1S/C19H15F3N4O3/c1-10-3-2-4-11-18(10)24-9-26(19(11)29)8-15(28)23-7-14(27)25-13-6-5-12(20)16(21)17(13)22/h2-6,9H,7-8H2,1H3,(H,23,28)(H,25,27). The average Bonchev–Trinajstić information content (AvgIpc) is 2.69. The summed E-state index contributed by atoms with van der Waals surface area (Å²) in [6.45, 7) is 0.856. The molecule has 2 N–H and O–H groups in total. The monoisotopic (exact) mass is 404 g/mol. The molecule has 0 aliphatic heterocycles. The summed E-state index contributed by atoms with van der Waals surface area (Å²) in [7, 11) is 0. The highest BCUT2D eigenvalue weighted by atomic mass is 19.2. The Morgan fingerprint density at radius 3 is 2.59 bits per heavy atom. The zero-order valence-corrected chi connectivity index (χ0v) is 15.1. The molecule has 2 aromatic carbocycles. The van der Waals surface area contributed by atoms with Crippen molar-refractivity contribution >= 4 is 28.4 Å². The number of benzene rings is 2. The number of anilines is 1. The summed E-state index contributed by atoms with van der Waals surface area (Å²) in [6.07, 6.45) is 1.23. The van der Waals surface area contributed by atoms with Crippen molar-refractivity contribution in [2.24, 2.45) is 0 Å². The summed E-state index contributed by atoms with van der Waals surface area (Å²) in [5.74, 6) is -6.18. The summed E-state index contributed by atoms with van der Waals surface area (Å²) in [5, 5.41) is 4.63. The fraction of sp³-hybridized carbons (Fsp3) is 0.158. The van der Waals surface area contributed by atoms with Gasteiger partial charge in [0, 0.05) is 0 Å². The zero-order valence-electron chi connectivity index (χ0n) is 15.1. The molecular weight excluding hydrogens is 389 g/mol. The van der Waals surface area contributed by atoms with Gasteiger partial charge < -0.3 is 10.6 Å². The molecule has 1 heterocycles. The van der Waals surface area contributed by atoms with Crippen LogP contribution in [-0.4, -0.2) is 27.9 Å². The van der Waals surface area contributed by atoms with E-state index >= 15 is 0 Å². The first-order chi connectivity index (χ1) is 13.8. The van der Waals surface area contributed by atoms with Crippen LogP contribution in [-0.2, 0) is 16.1 Å². The van der Waals surface area contributed by atoms with Crippen LogP contribution in [0, 0.1) is 24.4 Å². The maximum atomic E-state index is 13.5. The summed E-state index contributed by atoms with van der Waals surface area (Å²) in [5.41, 5.74) is 0.370. The number of nitrogens with one attached hydrogen (secondary N) is 2. The van der Waals surface area contributed by atoms with Gasteiger partial charge in [0.25, 0.3) is 5.56 Å². The lowest BCUT2D eigenvalue weighted by atomic mass is 10.1.